The van der Waals surface area contributed by atoms with Gasteiger partial charge in [0.15, 0.2) is 0 Å². The van der Waals surface area contributed by atoms with Crippen molar-refractivity contribution in [3.05, 3.63) is 59.6 Å². The van der Waals surface area contributed by atoms with E-state index in [1.165, 1.54) is 23.4 Å². The van der Waals surface area contributed by atoms with Crippen LogP contribution in [0.3, 0.4) is 0 Å². The van der Waals surface area contributed by atoms with Crippen molar-refractivity contribution in [3.63, 3.8) is 0 Å². The molecule has 0 fully saturated rings. The van der Waals surface area contributed by atoms with Crippen molar-refractivity contribution in [2.75, 3.05) is 10.8 Å². The van der Waals surface area contributed by atoms with Crippen LogP contribution in [0.1, 0.15) is 6.92 Å². The highest BCUT2D eigenvalue weighted by Gasteiger charge is 2.27. The van der Waals surface area contributed by atoms with Crippen LogP contribution in [-0.4, -0.2) is 26.2 Å². The van der Waals surface area contributed by atoms with Gasteiger partial charge in [0.05, 0.1) is 23.4 Å². The maximum Gasteiger partial charge on any atom is 0.265 e. The maximum absolute atomic E-state index is 12.8. The summed E-state index contributed by atoms with van der Waals surface area (Å²) in [5.41, 5.74) is 0.485. The van der Waals surface area contributed by atoms with Gasteiger partial charge in [-0.3, -0.25) is 4.31 Å². The van der Waals surface area contributed by atoms with E-state index in [0.29, 0.717) is 5.69 Å². The molecule has 4 nitrogen and oxygen atoms in total. The second kappa shape index (κ2) is 6.47. The molecule has 2 rings (SSSR count). The van der Waals surface area contributed by atoms with Crippen molar-refractivity contribution < 1.29 is 13.5 Å². The van der Waals surface area contributed by atoms with Crippen LogP contribution in [0.15, 0.2) is 59.5 Å². The Morgan fingerprint density at radius 3 is 2.24 bits per heavy atom. The molecule has 1 atom stereocenters. The monoisotopic (exact) mass is 325 g/mol. The van der Waals surface area contributed by atoms with Crippen LogP contribution < -0.4 is 4.31 Å². The van der Waals surface area contributed by atoms with E-state index in [9.17, 15) is 13.5 Å². The summed E-state index contributed by atoms with van der Waals surface area (Å²) in [7, 11) is -3.84. The number of sulfonamides is 1. The summed E-state index contributed by atoms with van der Waals surface area (Å²) in [6.45, 7) is 1.50. The molecule has 0 radical (unpaired) electrons. The molecule has 21 heavy (non-hydrogen) atoms. The van der Waals surface area contributed by atoms with Crippen LogP contribution in [0.5, 0.6) is 0 Å². The Kier molecular flexibility index (Phi) is 4.88. The number of hydrogen-bond acceptors (Lipinski definition) is 3. The number of aliphatic hydroxyl groups is 1. The first kappa shape index (κ1) is 15.8. The minimum absolute atomic E-state index is 0.0242. The number of nitrogens with zero attached hydrogens (tertiary/aromatic N) is 1. The summed E-state index contributed by atoms with van der Waals surface area (Å²) >= 11 is 6.01. The molecular formula is C15H16ClNO3S. The summed E-state index contributed by atoms with van der Waals surface area (Å²) in [6, 6.07) is 14.9. The van der Waals surface area contributed by atoms with Gasteiger partial charge in [0, 0.05) is 0 Å². The lowest BCUT2D eigenvalue weighted by molar-refractivity contribution is 0.204. The Hall–Kier alpha value is -1.56. The fourth-order valence-corrected chi connectivity index (χ4v) is 3.99. The molecule has 0 spiro atoms. The zero-order chi connectivity index (χ0) is 15.5. The SMILES string of the molecule is C[C@H](O)CN(c1ccccc1)S(=O)(=O)c1ccccc1Cl. The van der Waals surface area contributed by atoms with Gasteiger partial charge in [0.1, 0.15) is 4.90 Å². The third-order valence-corrected chi connectivity index (χ3v) is 5.17. The van der Waals surface area contributed by atoms with E-state index >= 15 is 0 Å². The second-order valence-electron chi connectivity index (χ2n) is 4.65. The second-order valence-corrected chi connectivity index (χ2v) is 6.89. The zero-order valence-corrected chi connectivity index (χ0v) is 13.1. The van der Waals surface area contributed by atoms with Gasteiger partial charge in [-0.25, -0.2) is 8.42 Å². The van der Waals surface area contributed by atoms with Gasteiger partial charge >= 0.3 is 0 Å². The summed E-state index contributed by atoms with van der Waals surface area (Å²) in [5.74, 6) is 0. The van der Waals surface area contributed by atoms with Crippen molar-refractivity contribution in [2.24, 2.45) is 0 Å². The van der Waals surface area contributed by atoms with E-state index in [2.05, 4.69) is 0 Å². The summed E-state index contributed by atoms with van der Waals surface area (Å²) in [5, 5.41) is 9.78. The highest BCUT2D eigenvalue weighted by Crippen LogP contribution is 2.28. The highest BCUT2D eigenvalue weighted by atomic mass is 35.5. The predicted molar refractivity (Wildman–Crippen MR) is 84.1 cm³/mol. The van der Waals surface area contributed by atoms with Crippen molar-refractivity contribution in [2.45, 2.75) is 17.9 Å². The smallest absolute Gasteiger partial charge is 0.265 e. The first-order valence-electron chi connectivity index (χ1n) is 6.43. The molecule has 0 saturated carbocycles. The van der Waals surface area contributed by atoms with Gasteiger partial charge in [0.2, 0.25) is 0 Å². The lowest BCUT2D eigenvalue weighted by Gasteiger charge is -2.26. The highest BCUT2D eigenvalue weighted by molar-refractivity contribution is 7.93. The Labute approximate surface area is 129 Å². The molecule has 6 heteroatoms. The Morgan fingerprint density at radius 2 is 1.67 bits per heavy atom. The standard InChI is InChI=1S/C15H16ClNO3S/c1-12(18)11-17(13-7-3-2-4-8-13)21(19,20)15-10-6-5-9-14(15)16/h2-10,12,18H,11H2,1H3/t12-/m0/s1. The molecule has 0 heterocycles. The molecular weight excluding hydrogens is 310 g/mol. The van der Waals surface area contributed by atoms with E-state index in [-0.39, 0.29) is 16.5 Å². The van der Waals surface area contributed by atoms with Crippen LogP contribution in [0.25, 0.3) is 0 Å². The molecule has 0 aliphatic carbocycles. The molecule has 112 valence electrons. The number of hydrogen-bond donors (Lipinski definition) is 1. The molecule has 1 N–H and O–H groups in total. The van der Waals surface area contributed by atoms with Gasteiger partial charge < -0.3 is 5.11 Å². The fraction of sp³-hybridized carbons (Fsp3) is 0.200. The number of halogens is 1. The molecule has 0 aromatic heterocycles. The van der Waals surface area contributed by atoms with Crippen LogP contribution in [0.2, 0.25) is 5.02 Å². The number of para-hydroxylation sites is 1. The van der Waals surface area contributed by atoms with E-state index in [1.807, 2.05) is 0 Å². The number of rotatable bonds is 5. The lowest BCUT2D eigenvalue weighted by Crippen LogP contribution is -2.36. The fourth-order valence-electron chi connectivity index (χ4n) is 1.95. The quantitative estimate of drug-likeness (QED) is 0.919. The predicted octanol–water partition coefficient (Wildman–Crippen LogP) is 2.92. The average Bonchev–Trinajstić information content (AvgIpc) is 2.45. The first-order valence-corrected chi connectivity index (χ1v) is 8.25. The van der Waals surface area contributed by atoms with Gasteiger partial charge in [-0.1, -0.05) is 41.9 Å². The molecule has 2 aromatic rings. The zero-order valence-electron chi connectivity index (χ0n) is 11.5. The summed E-state index contributed by atoms with van der Waals surface area (Å²) in [4.78, 5) is 0.0242. The molecule has 0 aliphatic rings. The molecule has 0 amide bonds. The van der Waals surface area contributed by atoms with Crippen LogP contribution in [0.4, 0.5) is 5.69 Å². The number of anilines is 1. The average molecular weight is 326 g/mol. The molecule has 0 aliphatic heterocycles. The van der Waals surface area contributed by atoms with Gasteiger partial charge in [0.25, 0.3) is 10.0 Å². The molecule has 2 aromatic carbocycles. The van der Waals surface area contributed by atoms with Crippen LogP contribution in [-0.2, 0) is 10.0 Å². The maximum atomic E-state index is 12.8. The van der Waals surface area contributed by atoms with E-state index < -0.39 is 16.1 Å². The third kappa shape index (κ3) is 3.56. The largest absolute Gasteiger partial charge is 0.392 e. The van der Waals surface area contributed by atoms with E-state index in [4.69, 9.17) is 11.6 Å². The number of benzene rings is 2. The molecule has 0 unspecified atom stereocenters. The van der Waals surface area contributed by atoms with Gasteiger partial charge in [-0.2, -0.15) is 0 Å². The minimum Gasteiger partial charge on any atom is -0.392 e. The van der Waals surface area contributed by atoms with Crippen molar-refractivity contribution in [1.82, 2.24) is 0 Å². The van der Waals surface area contributed by atoms with E-state index in [0.717, 1.165) is 0 Å². The molecule has 0 saturated heterocycles. The van der Waals surface area contributed by atoms with Gasteiger partial charge in [-0.15, -0.1) is 0 Å². The minimum atomic E-state index is -3.84. The Morgan fingerprint density at radius 1 is 1.10 bits per heavy atom. The Balaban J connectivity index is 2.53. The third-order valence-electron chi connectivity index (χ3n) is 2.88. The van der Waals surface area contributed by atoms with Gasteiger partial charge in [-0.05, 0) is 31.2 Å². The summed E-state index contributed by atoms with van der Waals surface area (Å²) in [6.07, 6.45) is -0.803. The molecule has 0 bridgehead atoms. The van der Waals surface area contributed by atoms with E-state index in [1.54, 1.807) is 42.5 Å². The lowest BCUT2D eigenvalue weighted by atomic mass is 10.3. The number of aliphatic hydroxyl groups excluding tert-OH is 1. The topological polar surface area (TPSA) is 57.6 Å². The Bertz CT molecular complexity index is 702. The normalized spacial score (nSPS) is 12.9. The summed E-state index contributed by atoms with van der Waals surface area (Å²) < 4.78 is 26.8. The van der Waals surface area contributed by atoms with Crippen molar-refractivity contribution in [3.8, 4) is 0 Å². The van der Waals surface area contributed by atoms with Crippen molar-refractivity contribution in [1.29, 1.82) is 0 Å². The van der Waals surface area contributed by atoms with Crippen LogP contribution >= 0.6 is 11.6 Å². The first-order chi connectivity index (χ1) is 9.93. The van der Waals surface area contributed by atoms with Crippen LogP contribution in [0, 0.1) is 0 Å². The van der Waals surface area contributed by atoms with Crippen molar-refractivity contribution >= 4 is 27.3 Å².